The molecule has 9 nitrogen and oxygen atoms in total. The number of benzene rings is 1. The van der Waals surface area contributed by atoms with Gasteiger partial charge in [-0.3, -0.25) is 9.59 Å². The van der Waals surface area contributed by atoms with Crippen molar-refractivity contribution in [3.05, 3.63) is 41.1 Å². The number of carbonyl (C=O) groups is 2. The van der Waals surface area contributed by atoms with E-state index in [1.54, 1.807) is 13.1 Å². The first-order valence-electron chi connectivity index (χ1n) is 11.2. The van der Waals surface area contributed by atoms with Gasteiger partial charge in [-0.1, -0.05) is 12.1 Å². The number of nitriles is 1. The molecule has 2 unspecified atom stereocenters. The predicted octanol–water partition coefficient (Wildman–Crippen LogP) is 2.11. The smallest absolute Gasteiger partial charge is 0.262 e. The summed E-state index contributed by atoms with van der Waals surface area (Å²) in [5, 5.41) is 15.3. The summed E-state index contributed by atoms with van der Waals surface area (Å²) in [6.45, 7) is 5.42. The zero-order valence-corrected chi connectivity index (χ0v) is 19.2. The number of likely N-dealkylation sites (N-methyl/N-ethyl adjacent to an activating group) is 1. The predicted molar refractivity (Wildman–Crippen MR) is 123 cm³/mol. The second-order valence-corrected chi connectivity index (χ2v) is 8.41. The van der Waals surface area contributed by atoms with E-state index in [4.69, 9.17) is 9.47 Å². The van der Waals surface area contributed by atoms with Gasteiger partial charge in [0.1, 0.15) is 17.6 Å². The van der Waals surface area contributed by atoms with Crippen LogP contribution >= 0.6 is 0 Å². The summed E-state index contributed by atoms with van der Waals surface area (Å²) >= 11 is 0. The molecule has 0 saturated carbocycles. The lowest BCUT2D eigenvalue weighted by atomic mass is 10.1. The van der Waals surface area contributed by atoms with Gasteiger partial charge >= 0.3 is 0 Å². The summed E-state index contributed by atoms with van der Waals surface area (Å²) in [4.78, 5) is 27.2. The van der Waals surface area contributed by atoms with Crippen molar-refractivity contribution < 1.29 is 19.1 Å². The highest BCUT2D eigenvalue weighted by molar-refractivity contribution is 5.95. The van der Waals surface area contributed by atoms with E-state index in [1.165, 1.54) is 0 Å². The van der Waals surface area contributed by atoms with Crippen LogP contribution in [0.25, 0.3) is 0 Å². The van der Waals surface area contributed by atoms with E-state index in [0.29, 0.717) is 23.7 Å². The quantitative estimate of drug-likeness (QED) is 0.696. The lowest BCUT2D eigenvalue weighted by Crippen LogP contribution is -2.50. The van der Waals surface area contributed by atoms with Crippen LogP contribution in [0.15, 0.2) is 24.3 Å². The molecule has 0 aliphatic carbocycles. The lowest BCUT2D eigenvalue weighted by molar-refractivity contribution is -0.127. The molecule has 0 radical (unpaired) electrons. The highest BCUT2D eigenvalue weighted by Crippen LogP contribution is 2.33. The fraction of sp³-hybridized carbons (Fsp3) is 0.458. The van der Waals surface area contributed by atoms with Crippen LogP contribution in [0.2, 0.25) is 0 Å². The Balaban J connectivity index is 1.57. The standard InChI is InChI=1S/C24H29N5O4/c1-15-16(2)29(12-17-7-6-10-32-17)23(18(15)11-25)27-22(30)14-28-13-21(24(31)26-3)33-20-9-5-4-8-19(20)28/h4-5,8-9,17,21H,6-7,10,12-14H2,1-3H3,(H,26,31)(H,27,30). The minimum absolute atomic E-state index is 0.0158. The maximum Gasteiger partial charge on any atom is 0.262 e. The van der Waals surface area contributed by atoms with Crippen LogP contribution < -0.4 is 20.3 Å². The average molecular weight is 452 g/mol. The molecule has 2 aliphatic heterocycles. The van der Waals surface area contributed by atoms with E-state index >= 15 is 0 Å². The normalized spacial score (nSPS) is 19.4. The Labute approximate surface area is 193 Å². The van der Waals surface area contributed by atoms with E-state index in [-0.39, 0.29) is 31.0 Å². The number of amides is 2. The number of rotatable bonds is 6. The fourth-order valence-electron chi connectivity index (χ4n) is 4.45. The Hall–Kier alpha value is -3.51. The zero-order valence-electron chi connectivity index (χ0n) is 19.2. The molecule has 2 N–H and O–H groups in total. The average Bonchev–Trinajstić information content (AvgIpc) is 3.41. The fourth-order valence-corrected chi connectivity index (χ4v) is 4.45. The summed E-state index contributed by atoms with van der Waals surface area (Å²) in [6.07, 6.45) is 1.31. The molecule has 2 atom stereocenters. The second kappa shape index (κ2) is 9.55. The number of hydrogen-bond acceptors (Lipinski definition) is 6. The van der Waals surface area contributed by atoms with Crippen LogP contribution in [0.3, 0.4) is 0 Å². The Morgan fingerprint density at radius 1 is 1.27 bits per heavy atom. The molecule has 0 spiro atoms. The SMILES string of the molecule is CNC(=O)C1CN(CC(=O)Nc2c(C#N)c(C)c(C)n2CC2CCCO2)c2ccccc2O1. The van der Waals surface area contributed by atoms with Crippen molar-refractivity contribution in [2.45, 2.75) is 45.4 Å². The number of aromatic nitrogens is 1. The minimum Gasteiger partial charge on any atom is -0.477 e. The highest BCUT2D eigenvalue weighted by Gasteiger charge is 2.31. The molecular formula is C24H29N5O4. The third kappa shape index (κ3) is 4.52. The number of nitrogens with one attached hydrogen (secondary N) is 2. The third-order valence-electron chi connectivity index (χ3n) is 6.34. The van der Waals surface area contributed by atoms with Crippen molar-refractivity contribution in [1.82, 2.24) is 9.88 Å². The molecule has 0 bridgehead atoms. The number of hydrogen-bond donors (Lipinski definition) is 2. The van der Waals surface area contributed by atoms with Gasteiger partial charge in [0.2, 0.25) is 5.91 Å². The summed E-state index contributed by atoms with van der Waals surface area (Å²) in [5.74, 6) is 0.525. The summed E-state index contributed by atoms with van der Waals surface area (Å²) < 4.78 is 13.6. The van der Waals surface area contributed by atoms with Gasteiger partial charge in [0.25, 0.3) is 5.91 Å². The molecule has 9 heteroatoms. The molecule has 3 heterocycles. The van der Waals surface area contributed by atoms with Crippen molar-refractivity contribution in [3.63, 3.8) is 0 Å². The molecule has 2 aliphatic rings. The van der Waals surface area contributed by atoms with Crippen LogP contribution in [0, 0.1) is 25.2 Å². The van der Waals surface area contributed by atoms with Gasteiger partial charge in [0, 0.05) is 19.3 Å². The number of fused-ring (bicyclic) bond motifs is 1. The number of ether oxygens (including phenoxy) is 2. The number of para-hydroxylation sites is 2. The first-order chi connectivity index (χ1) is 15.9. The number of nitrogens with zero attached hydrogens (tertiary/aromatic N) is 3. The molecule has 1 saturated heterocycles. The van der Waals surface area contributed by atoms with Gasteiger partial charge < -0.3 is 29.6 Å². The minimum atomic E-state index is -0.722. The van der Waals surface area contributed by atoms with Crippen molar-refractivity contribution in [2.75, 3.05) is 37.0 Å². The van der Waals surface area contributed by atoms with E-state index in [9.17, 15) is 14.9 Å². The summed E-state index contributed by atoms with van der Waals surface area (Å²) in [7, 11) is 1.56. The van der Waals surface area contributed by atoms with Crippen LogP contribution in [-0.2, 0) is 20.9 Å². The Morgan fingerprint density at radius 2 is 2.06 bits per heavy atom. The number of anilines is 2. The molecule has 1 aromatic carbocycles. The van der Waals surface area contributed by atoms with E-state index < -0.39 is 6.10 Å². The van der Waals surface area contributed by atoms with Crippen molar-refractivity contribution in [1.29, 1.82) is 5.26 Å². The van der Waals surface area contributed by atoms with Gasteiger partial charge in [-0.15, -0.1) is 0 Å². The third-order valence-corrected chi connectivity index (χ3v) is 6.34. The molecule has 33 heavy (non-hydrogen) atoms. The first-order valence-corrected chi connectivity index (χ1v) is 11.2. The number of carbonyl (C=O) groups excluding carboxylic acids is 2. The molecule has 1 fully saturated rings. The van der Waals surface area contributed by atoms with Crippen LogP contribution in [0.4, 0.5) is 11.5 Å². The topological polar surface area (TPSA) is 109 Å². The van der Waals surface area contributed by atoms with E-state index in [1.807, 2.05) is 41.5 Å². The lowest BCUT2D eigenvalue weighted by Gasteiger charge is -2.35. The first kappa shape index (κ1) is 22.7. The maximum absolute atomic E-state index is 13.2. The molecule has 4 rings (SSSR count). The second-order valence-electron chi connectivity index (χ2n) is 8.41. The van der Waals surface area contributed by atoms with Crippen molar-refractivity contribution in [2.24, 2.45) is 0 Å². The summed E-state index contributed by atoms with van der Waals surface area (Å²) in [5.41, 5.74) is 3.00. The van der Waals surface area contributed by atoms with Crippen molar-refractivity contribution in [3.8, 4) is 11.8 Å². The monoisotopic (exact) mass is 451 g/mol. The molecule has 2 amide bonds. The summed E-state index contributed by atoms with van der Waals surface area (Å²) in [6, 6.07) is 9.57. The molecule has 1 aromatic heterocycles. The van der Waals surface area contributed by atoms with E-state index in [0.717, 1.165) is 36.4 Å². The largest absolute Gasteiger partial charge is 0.477 e. The molecule has 174 valence electrons. The van der Waals surface area contributed by atoms with Gasteiger partial charge in [-0.2, -0.15) is 5.26 Å². The Kier molecular flexibility index (Phi) is 6.56. The maximum atomic E-state index is 13.2. The zero-order chi connectivity index (χ0) is 23.5. The Bertz CT molecular complexity index is 1100. The Morgan fingerprint density at radius 3 is 2.76 bits per heavy atom. The van der Waals surface area contributed by atoms with Crippen LogP contribution in [0.1, 0.15) is 29.7 Å². The highest BCUT2D eigenvalue weighted by atomic mass is 16.5. The van der Waals surface area contributed by atoms with Crippen LogP contribution in [0.5, 0.6) is 5.75 Å². The van der Waals surface area contributed by atoms with E-state index in [2.05, 4.69) is 16.7 Å². The van der Waals surface area contributed by atoms with Gasteiger partial charge in [-0.25, -0.2) is 0 Å². The molecular weight excluding hydrogens is 422 g/mol. The van der Waals surface area contributed by atoms with Crippen LogP contribution in [-0.4, -0.2) is 55.3 Å². The van der Waals surface area contributed by atoms with Gasteiger partial charge in [0.05, 0.1) is 37.0 Å². The molecule has 2 aromatic rings. The van der Waals surface area contributed by atoms with Crippen molar-refractivity contribution >= 4 is 23.3 Å². The van der Waals surface area contributed by atoms with Gasteiger partial charge in [-0.05, 0) is 44.4 Å². The van der Waals surface area contributed by atoms with Gasteiger partial charge in [0.15, 0.2) is 6.10 Å².